The minimum atomic E-state index is -0.604. The van der Waals surface area contributed by atoms with Crippen molar-refractivity contribution in [3.05, 3.63) is 21.5 Å². The highest BCUT2D eigenvalue weighted by Gasteiger charge is 2.26. The molecule has 0 fully saturated rings. The van der Waals surface area contributed by atoms with E-state index in [0.29, 0.717) is 19.0 Å². The first-order valence-corrected chi connectivity index (χ1v) is 5.27. The predicted octanol–water partition coefficient (Wildman–Crippen LogP) is -0.607. The van der Waals surface area contributed by atoms with E-state index in [0.717, 1.165) is 0 Å². The summed E-state index contributed by atoms with van der Waals surface area (Å²) in [6.45, 7) is 2.64. The van der Waals surface area contributed by atoms with E-state index in [-0.39, 0.29) is 17.2 Å². The Balaban J connectivity index is 3.22. The van der Waals surface area contributed by atoms with Crippen LogP contribution >= 0.6 is 0 Å². The summed E-state index contributed by atoms with van der Waals surface area (Å²) < 4.78 is 0. The molecule has 0 aromatic carbocycles. The van der Waals surface area contributed by atoms with Gasteiger partial charge in [0, 0.05) is 20.6 Å². The first-order valence-electron chi connectivity index (χ1n) is 5.27. The van der Waals surface area contributed by atoms with Gasteiger partial charge in [-0.25, -0.2) is 4.99 Å². The van der Waals surface area contributed by atoms with Crippen molar-refractivity contribution in [2.45, 2.75) is 6.92 Å². The highest BCUT2D eigenvalue weighted by molar-refractivity contribution is 6.04. The van der Waals surface area contributed by atoms with Crippen LogP contribution in [0.3, 0.4) is 0 Å². The summed E-state index contributed by atoms with van der Waals surface area (Å²) in [5.41, 5.74) is 1.48. The van der Waals surface area contributed by atoms with Crippen LogP contribution in [0.25, 0.3) is 0 Å². The first kappa shape index (κ1) is 13.9. The maximum absolute atomic E-state index is 11.0. The number of hydrogen-bond donors (Lipinski definition) is 3. The largest absolute Gasteiger partial charge is 0.357 e. The number of aliphatic imine (C=N–C) groups is 2. The maximum Gasteiger partial charge on any atom is 0.332 e. The Hall–Kier alpha value is -2.16. The number of likely N-dealkylation sites (N-methyl/N-ethyl adjacent to an activating group) is 1. The molecule has 100 valence electrons. The second-order valence-corrected chi connectivity index (χ2v) is 3.80. The smallest absolute Gasteiger partial charge is 0.332 e. The normalized spacial score (nSPS) is 16.7. The van der Waals surface area contributed by atoms with Crippen LogP contribution in [0.1, 0.15) is 6.92 Å². The van der Waals surface area contributed by atoms with Crippen molar-refractivity contribution < 1.29 is 10.1 Å². The fraction of sp³-hybridized carbons (Fsp3) is 0.556. The molecule has 3 N–H and O–H groups in total. The average Bonchev–Trinajstić information content (AvgIpc) is 2.79. The fourth-order valence-electron chi connectivity index (χ4n) is 1.36. The number of nitro groups is 1. The molecular formula is C9H16N6O3. The zero-order chi connectivity index (χ0) is 13.7. The van der Waals surface area contributed by atoms with Crippen LogP contribution in [0.15, 0.2) is 21.4 Å². The number of amidine groups is 1. The van der Waals surface area contributed by atoms with Gasteiger partial charge in [-0.3, -0.25) is 20.8 Å². The molecule has 0 atom stereocenters. The van der Waals surface area contributed by atoms with Crippen molar-refractivity contribution in [3.8, 4) is 0 Å². The Labute approximate surface area is 104 Å². The lowest BCUT2D eigenvalue weighted by molar-refractivity contribution is -0.417. The van der Waals surface area contributed by atoms with Gasteiger partial charge in [0.05, 0.1) is 11.5 Å². The van der Waals surface area contributed by atoms with Crippen LogP contribution < -0.4 is 10.8 Å². The van der Waals surface area contributed by atoms with Crippen LogP contribution in [-0.2, 0) is 0 Å². The molecule has 9 heteroatoms. The molecule has 18 heavy (non-hydrogen) atoms. The van der Waals surface area contributed by atoms with Crippen molar-refractivity contribution in [1.82, 2.24) is 15.7 Å². The van der Waals surface area contributed by atoms with Crippen LogP contribution in [0.4, 0.5) is 0 Å². The molecule has 0 saturated carbocycles. The molecule has 0 spiro atoms. The third kappa shape index (κ3) is 3.17. The highest BCUT2D eigenvalue weighted by Crippen LogP contribution is 2.08. The number of rotatable bonds is 3. The van der Waals surface area contributed by atoms with Crippen molar-refractivity contribution in [2.75, 3.05) is 27.2 Å². The second-order valence-electron chi connectivity index (χ2n) is 3.80. The molecule has 1 aliphatic rings. The van der Waals surface area contributed by atoms with Gasteiger partial charge >= 0.3 is 5.70 Å². The van der Waals surface area contributed by atoms with Gasteiger partial charge in [0.2, 0.25) is 11.8 Å². The topological polar surface area (TPSA) is 115 Å². The van der Waals surface area contributed by atoms with E-state index in [9.17, 15) is 10.1 Å². The van der Waals surface area contributed by atoms with Gasteiger partial charge in [0.15, 0.2) is 0 Å². The van der Waals surface area contributed by atoms with Gasteiger partial charge in [-0.05, 0) is 6.92 Å². The maximum atomic E-state index is 11.0. The molecule has 1 heterocycles. The summed E-state index contributed by atoms with van der Waals surface area (Å²) in [4.78, 5) is 20.1. The molecule has 0 bridgehead atoms. The summed E-state index contributed by atoms with van der Waals surface area (Å²) in [6.07, 6.45) is 0. The van der Waals surface area contributed by atoms with Crippen LogP contribution in [0.2, 0.25) is 0 Å². The molecule has 0 unspecified atom stereocenters. The molecule has 1 aliphatic heterocycles. The Morgan fingerprint density at radius 1 is 1.67 bits per heavy atom. The SMILES string of the molecule is C/C(NO)=C(\C(=N/C1=NCCN1)N(C)C)[N+](=O)[O-]. The third-order valence-electron chi connectivity index (χ3n) is 2.21. The minimum Gasteiger partial charge on any atom is -0.357 e. The van der Waals surface area contributed by atoms with Crippen LogP contribution in [-0.4, -0.2) is 54.0 Å². The Kier molecular flexibility index (Phi) is 4.60. The van der Waals surface area contributed by atoms with Crippen LogP contribution in [0, 0.1) is 10.1 Å². The van der Waals surface area contributed by atoms with E-state index in [1.807, 2.05) is 0 Å². The minimum absolute atomic E-state index is 0.00560. The van der Waals surface area contributed by atoms with E-state index in [1.54, 1.807) is 19.6 Å². The standard InChI is InChI=1S/C9H16N6O3/c1-6(13-16)7(15(17)18)8(14(2)3)12-9-10-4-5-11-9/h13,16H,4-5H2,1-3H3,(H,10,11)/b7-6-,12-8+. The number of nitrogens with zero attached hydrogens (tertiary/aromatic N) is 4. The second kappa shape index (κ2) is 5.96. The molecule has 0 saturated heterocycles. The monoisotopic (exact) mass is 256 g/mol. The Morgan fingerprint density at radius 3 is 2.72 bits per heavy atom. The summed E-state index contributed by atoms with van der Waals surface area (Å²) in [5.74, 6) is 0.455. The number of guanidine groups is 1. The lowest BCUT2D eigenvalue weighted by Gasteiger charge is -2.14. The fourth-order valence-corrected chi connectivity index (χ4v) is 1.36. The Morgan fingerprint density at radius 2 is 2.33 bits per heavy atom. The zero-order valence-corrected chi connectivity index (χ0v) is 10.5. The van der Waals surface area contributed by atoms with E-state index < -0.39 is 4.92 Å². The molecular weight excluding hydrogens is 240 g/mol. The molecule has 0 radical (unpaired) electrons. The van der Waals surface area contributed by atoms with Crippen molar-refractivity contribution >= 4 is 11.8 Å². The quantitative estimate of drug-likeness (QED) is 0.268. The molecule has 1 rings (SSSR count). The molecule has 0 amide bonds. The van der Waals surface area contributed by atoms with Gasteiger partial charge in [-0.1, -0.05) is 0 Å². The molecule has 0 aliphatic carbocycles. The molecule has 0 aromatic heterocycles. The van der Waals surface area contributed by atoms with Gasteiger partial charge in [-0.2, -0.15) is 4.99 Å². The Bertz CT molecular complexity index is 426. The summed E-state index contributed by atoms with van der Waals surface area (Å²) in [6, 6.07) is 0. The third-order valence-corrected chi connectivity index (χ3v) is 2.21. The molecule has 9 nitrogen and oxygen atoms in total. The average molecular weight is 256 g/mol. The van der Waals surface area contributed by atoms with Crippen molar-refractivity contribution in [1.29, 1.82) is 0 Å². The highest BCUT2D eigenvalue weighted by atomic mass is 16.6. The van der Waals surface area contributed by atoms with Crippen molar-refractivity contribution in [2.24, 2.45) is 9.98 Å². The van der Waals surface area contributed by atoms with E-state index >= 15 is 0 Å². The summed E-state index contributed by atoms with van der Waals surface area (Å²) in [7, 11) is 3.25. The number of hydroxylamine groups is 1. The van der Waals surface area contributed by atoms with Gasteiger partial charge in [0.1, 0.15) is 5.70 Å². The van der Waals surface area contributed by atoms with E-state index in [4.69, 9.17) is 5.21 Å². The van der Waals surface area contributed by atoms with E-state index in [1.165, 1.54) is 11.8 Å². The zero-order valence-electron chi connectivity index (χ0n) is 10.5. The predicted molar refractivity (Wildman–Crippen MR) is 66.0 cm³/mol. The number of allylic oxidation sites excluding steroid dienone is 1. The molecule has 0 aromatic rings. The van der Waals surface area contributed by atoms with Gasteiger partial charge in [-0.15, -0.1) is 0 Å². The van der Waals surface area contributed by atoms with Crippen LogP contribution in [0.5, 0.6) is 0 Å². The summed E-state index contributed by atoms with van der Waals surface area (Å²) in [5, 5.41) is 22.8. The van der Waals surface area contributed by atoms with Gasteiger partial charge in [0.25, 0.3) is 0 Å². The number of nitrogens with one attached hydrogen (secondary N) is 2. The first-order chi connectivity index (χ1) is 8.47. The lowest BCUT2D eigenvalue weighted by atomic mass is 10.3. The number of hydrogen-bond acceptors (Lipinski definition) is 7. The van der Waals surface area contributed by atoms with E-state index in [2.05, 4.69) is 15.3 Å². The van der Waals surface area contributed by atoms with Crippen molar-refractivity contribution in [3.63, 3.8) is 0 Å². The van der Waals surface area contributed by atoms with Gasteiger partial charge < -0.3 is 10.2 Å². The summed E-state index contributed by atoms with van der Waals surface area (Å²) >= 11 is 0. The lowest BCUT2D eigenvalue weighted by Crippen LogP contribution is -2.32.